The van der Waals surface area contributed by atoms with Crippen molar-refractivity contribution in [2.45, 2.75) is 6.04 Å². The van der Waals surface area contributed by atoms with Crippen LogP contribution in [0.2, 0.25) is 0 Å². The standard InChI is InChI=1S/C9H12N2O5/c1-16-10-7(5-11(14)15)6-2-3-8(12)9(13)4-6/h2-4,7,10,12-13H,5H2,1H3. The third-order valence-corrected chi connectivity index (χ3v) is 1.99. The maximum absolute atomic E-state index is 10.4. The van der Waals surface area contributed by atoms with Crippen LogP contribution in [0.25, 0.3) is 0 Å². The van der Waals surface area contributed by atoms with E-state index in [1.807, 2.05) is 0 Å². The molecule has 1 unspecified atom stereocenters. The minimum Gasteiger partial charge on any atom is -0.504 e. The molecule has 0 fully saturated rings. The molecule has 0 amide bonds. The molecule has 1 aromatic rings. The van der Waals surface area contributed by atoms with Gasteiger partial charge in [-0.25, -0.2) is 0 Å². The molecule has 0 radical (unpaired) electrons. The Morgan fingerprint density at radius 1 is 1.50 bits per heavy atom. The number of benzene rings is 1. The average molecular weight is 228 g/mol. The lowest BCUT2D eigenvalue weighted by Crippen LogP contribution is -2.26. The molecular weight excluding hydrogens is 216 g/mol. The smallest absolute Gasteiger partial charge is 0.225 e. The van der Waals surface area contributed by atoms with Crippen molar-refractivity contribution in [1.29, 1.82) is 0 Å². The van der Waals surface area contributed by atoms with Gasteiger partial charge >= 0.3 is 0 Å². The van der Waals surface area contributed by atoms with Gasteiger partial charge in [0.1, 0.15) is 6.04 Å². The van der Waals surface area contributed by atoms with Crippen molar-refractivity contribution < 1.29 is 20.0 Å². The van der Waals surface area contributed by atoms with Crippen LogP contribution in [0, 0.1) is 10.1 Å². The number of hydroxylamine groups is 1. The highest BCUT2D eigenvalue weighted by Crippen LogP contribution is 2.27. The first-order chi connectivity index (χ1) is 7.54. The van der Waals surface area contributed by atoms with E-state index in [9.17, 15) is 15.2 Å². The van der Waals surface area contributed by atoms with Crippen molar-refractivity contribution in [3.05, 3.63) is 33.9 Å². The molecule has 7 heteroatoms. The van der Waals surface area contributed by atoms with Crippen molar-refractivity contribution in [2.75, 3.05) is 13.7 Å². The lowest BCUT2D eigenvalue weighted by molar-refractivity contribution is -0.486. The molecule has 0 heterocycles. The second-order valence-electron chi connectivity index (χ2n) is 3.14. The summed E-state index contributed by atoms with van der Waals surface area (Å²) in [7, 11) is 1.34. The van der Waals surface area contributed by atoms with Crippen molar-refractivity contribution >= 4 is 0 Å². The van der Waals surface area contributed by atoms with E-state index in [0.717, 1.165) is 0 Å². The third-order valence-electron chi connectivity index (χ3n) is 1.99. The Morgan fingerprint density at radius 3 is 2.69 bits per heavy atom. The molecule has 0 aliphatic carbocycles. The van der Waals surface area contributed by atoms with Gasteiger partial charge in [0.2, 0.25) is 6.54 Å². The summed E-state index contributed by atoms with van der Waals surface area (Å²) in [6, 6.07) is 3.28. The molecule has 16 heavy (non-hydrogen) atoms. The fraction of sp³-hybridized carbons (Fsp3) is 0.333. The van der Waals surface area contributed by atoms with Crippen LogP contribution in [0.1, 0.15) is 11.6 Å². The summed E-state index contributed by atoms with van der Waals surface area (Å²) >= 11 is 0. The van der Waals surface area contributed by atoms with Gasteiger partial charge in [-0.15, -0.1) is 0 Å². The van der Waals surface area contributed by atoms with E-state index in [0.29, 0.717) is 5.56 Å². The predicted molar refractivity (Wildman–Crippen MR) is 54.5 cm³/mol. The molecule has 0 saturated carbocycles. The van der Waals surface area contributed by atoms with E-state index in [2.05, 4.69) is 10.3 Å². The Hall–Kier alpha value is -1.86. The SMILES string of the molecule is CONC(C[N+](=O)[O-])c1ccc(O)c(O)c1. The van der Waals surface area contributed by atoms with Gasteiger partial charge in [-0.2, -0.15) is 5.48 Å². The summed E-state index contributed by atoms with van der Waals surface area (Å²) in [5.41, 5.74) is 2.90. The predicted octanol–water partition coefficient (Wildman–Crippen LogP) is 0.567. The first-order valence-electron chi connectivity index (χ1n) is 4.46. The van der Waals surface area contributed by atoms with Crippen LogP contribution in [0.5, 0.6) is 11.5 Å². The number of phenolic OH excluding ortho intramolecular Hbond substituents is 2. The lowest BCUT2D eigenvalue weighted by Gasteiger charge is -2.13. The van der Waals surface area contributed by atoms with E-state index < -0.39 is 17.5 Å². The van der Waals surface area contributed by atoms with E-state index in [-0.39, 0.29) is 11.5 Å². The van der Waals surface area contributed by atoms with Gasteiger partial charge in [-0.1, -0.05) is 6.07 Å². The number of nitrogens with zero attached hydrogens (tertiary/aromatic N) is 1. The molecular formula is C9H12N2O5. The molecule has 1 rings (SSSR count). The zero-order valence-corrected chi connectivity index (χ0v) is 8.58. The zero-order chi connectivity index (χ0) is 12.1. The van der Waals surface area contributed by atoms with E-state index in [1.54, 1.807) is 0 Å². The quantitative estimate of drug-likeness (QED) is 0.386. The zero-order valence-electron chi connectivity index (χ0n) is 8.58. The van der Waals surface area contributed by atoms with E-state index in [1.165, 1.54) is 25.3 Å². The summed E-state index contributed by atoms with van der Waals surface area (Å²) in [6.07, 6.45) is 0. The maximum atomic E-state index is 10.4. The number of aromatic hydroxyl groups is 2. The Balaban J connectivity index is 2.91. The molecule has 88 valence electrons. The Bertz CT molecular complexity index is 382. The molecule has 0 aliphatic rings. The van der Waals surface area contributed by atoms with Gasteiger partial charge in [0.25, 0.3) is 0 Å². The highest BCUT2D eigenvalue weighted by Gasteiger charge is 2.18. The molecule has 1 atom stereocenters. The Morgan fingerprint density at radius 2 is 2.19 bits per heavy atom. The minimum absolute atomic E-state index is 0.277. The van der Waals surface area contributed by atoms with Crippen LogP contribution < -0.4 is 5.48 Å². The van der Waals surface area contributed by atoms with Gasteiger partial charge in [-0.05, 0) is 17.7 Å². The number of nitro groups is 1. The molecule has 0 bridgehead atoms. The number of hydrogen-bond donors (Lipinski definition) is 3. The van der Waals surface area contributed by atoms with Crippen LogP contribution in [0.4, 0.5) is 0 Å². The van der Waals surface area contributed by atoms with Gasteiger partial charge in [0.15, 0.2) is 11.5 Å². The highest BCUT2D eigenvalue weighted by atomic mass is 16.6. The van der Waals surface area contributed by atoms with Crippen LogP contribution in [0.3, 0.4) is 0 Å². The van der Waals surface area contributed by atoms with E-state index in [4.69, 9.17) is 5.11 Å². The normalized spacial score (nSPS) is 12.3. The van der Waals surface area contributed by atoms with Crippen molar-refractivity contribution in [2.24, 2.45) is 0 Å². The van der Waals surface area contributed by atoms with Crippen LogP contribution >= 0.6 is 0 Å². The highest BCUT2D eigenvalue weighted by molar-refractivity contribution is 5.41. The second kappa shape index (κ2) is 5.29. The summed E-state index contributed by atoms with van der Waals surface area (Å²) in [5.74, 6) is -0.607. The molecule has 0 aliphatic heterocycles. The monoisotopic (exact) mass is 228 g/mol. The van der Waals surface area contributed by atoms with Crippen LogP contribution in [-0.2, 0) is 4.84 Å². The lowest BCUT2D eigenvalue weighted by atomic mass is 10.1. The molecule has 0 saturated heterocycles. The number of rotatable bonds is 5. The van der Waals surface area contributed by atoms with E-state index >= 15 is 0 Å². The summed E-state index contributed by atoms with van der Waals surface area (Å²) in [5, 5.41) is 28.8. The average Bonchev–Trinajstić information content (AvgIpc) is 2.21. The second-order valence-corrected chi connectivity index (χ2v) is 3.14. The van der Waals surface area contributed by atoms with Gasteiger partial charge < -0.3 is 15.1 Å². The first kappa shape index (κ1) is 12.2. The van der Waals surface area contributed by atoms with Crippen molar-refractivity contribution in [3.8, 4) is 11.5 Å². The largest absolute Gasteiger partial charge is 0.504 e. The number of phenols is 2. The first-order valence-corrected chi connectivity index (χ1v) is 4.46. The minimum atomic E-state index is -0.688. The Labute approximate surface area is 91.4 Å². The number of hydrogen-bond acceptors (Lipinski definition) is 6. The molecule has 1 aromatic carbocycles. The fourth-order valence-electron chi connectivity index (χ4n) is 1.26. The maximum Gasteiger partial charge on any atom is 0.225 e. The summed E-state index contributed by atoms with van der Waals surface area (Å²) < 4.78 is 0. The Kier molecular flexibility index (Phi) is 4.03. The van der Waals surface area contributed by atoms with Gasteiger partial charge in [0, 0.05) is 4.92 Å². The van der Waals surface area contributed by atoms with Gasteiger partial charge in [0.05, 0.1) is 7.11 Å². The van der Waals surface area contributed by atoms with Crippen LogP contribution in [-0.4, -0.2) is 28.8 Å². The molecule has 0 aromatic heterocycles. The third kappa shape index (κ3) is 3.07. The molecule has 3 N–H and O–H groups in total. The summed E-state index contributed by atoms with van der Waals surface area (Å²) in [6.45, 7) is -0.391. The topological polar surface area (TPSA) is 105 Å². The molecule has 0 spiro atoms. The molecule has 7 nitrogen and oxygen atoms in total. The van der Waals surface area contributed by atoms with Crippen molar-refractivity contribution in [1.82, 2.24) is 5.48 Å². The summed E-state index contributed by atoms with van der Waals surface area (Å²) in [4.78, 5) is 14.5. The van der Waals surface area contributed by atoms with Gasteiger partial charge in [-0.3, -0.25) is 10.1 Å². The van der Waals surface area contributed by atoms with Crippen LogP contribution in [0.15, 0.2) is 18.2 Å². The fourth-order valence-corrected chi connectivity index (χ4v) is 1.26. The van der Waals surface area contributed by atoms with Crippen molar-refractivity contribution in [3.63, 3.8) is 0 Å². The number of nitrogens with one attached hydrogen (secondary N) is 1.